The molecule has 0 bridgehead atoms. The smallest absolute Gasteiger partial charge is 0.347 e. The van der Waals surface area contributed by atoms with Gasteiger partial charge in [0, 0.05) is 26.0 Å². The Labute approximate surface area is 97.5 Å². The summed E-state index contributed by atoms with van der Waals surface area (Å²) in [7, 11) is 1.80. The van der Waals surface area contributed by atoms with Gasteiger partial charge in [0.1, 0.15) is 0 Å². The molecule has 16 heavy (non-hydrogen) atoms. The predicted octanol–water partition coefficient (Wildman–Crippen LogP) is 2.09. The molecule has 0 aromatic carbocycles. The molecule has 1 rings (SSSR count). The van der Waals surface area contributed by atoms with E-state index in [2.05, 4.69) is 6.92 Å². The first kappa shape index (κ1) is 12.9. The van der Waals surface area contributed by atoms with Gasteiger partial charge in [0.15, 0.2) is 0 Å². The Kier molecular flexibility index (Phi) is 5.15. The Hall–Kier alpha value is -1.19. The maximum absolute atomic E-state index is 11.0. The van der Waals surface area contributed by atoms with Gasteiger partial charge in [-0.1, -0.05) is 32.6 Å². The van der Waals surface area contributed by atoms with Crippen LogP contribution in [0.3, 0.4) is 0 Å². The first-order valence-corrected chi connectivity index (χ1v) is 6.05. The number of aliphatic carboxylic acids is 1. The number of carboxylic acid groups (broad SMARTS) is 1. The zero-order chi connectivity index (χ0) is 12.0. The summed E-state index contributed by atoms with van der Waals surface area (Å²) in [4.78, 5) is 14.7. The van der Waals surface area contributed by atoms with Crippen LogP contribution < -0.4 is 0 Å². The zero-order valence-electron chi connectivity index (χ0n) is 10.2. The third-order valence-electron chi connectivity index (χ3n) is 2.93. The van der Waals surface area contributed by atoms with E-state index in [1.807, 2.05) is 17.3 Å². The summed E-state index contributed by atoms with van der Waals surface area (Å²) in [5, 5.41) is 9.07. The van der Waals surface area contributed by atoms with E-state index in [9.17, 15) is 4.79 Å². The zero-order valence-corrected chi connectivity index (χ0v) is 10.2. The number of carboxylic acids is 1. The van der Waals surface area contributed by atoms with E-state index in [1.165, 1.54) is 25.7 Å². The highest BCUT2D eigenvalue weighted by molar-refractivity contribution is 5.73. The lowest BCUT2D eigenvalue weighted by Gasteiger charge is -2.26. The SMILES string of the molecule is CCCCCCCN1C=CN(C)C1C(=O)O. The number of nitrogens with zero attached hydrogens (tertiary/aromatic N) is 2. The van der Waals surface area contributed by atoms with Crippen LogP contribution in [0.5, 0.6) is 0 Å². The number of likely N-dealkylation sites (N-methyl/N-ethyl adjacent to an activating group) is 1. The minimum Gasteiger partial charge on any atom is -0.478 e. The number of unbranched alkanes of at least 4 members (excludes halogenated alkanes) is 4. The monoisotopic (exact) mass is 226 g/mol. The van der Waals surface area contributed by atoms with Crippen LogP contribution in [-0.4, -0.2) is 40.6 Å². The summed E-state index contributed by atoms with van der Waals surface area (Å²) in [6.45, 7) is 3.03. The molecular weight excluding hydrogens is 204 g/mol. The minimum atomic E-state index is -0.777. The molecule has 1 N–H and O–H groups in total. The fraction of sp³-hybridized carbons (Fsp3) is 0.750. The van der Waals surface area contributed by atoms with Crippen LogP contribution in [0, 0.1) is 0 Å². The molecule has 0 fully saturated rings. The molecule has 1 unspecified atom stereocenters. The van der Waals surface area contributed by atoms with Crippen LogP contribution in [0.4, 0.5) is 0 Å². The van der Waals surface area contributed by atoms with Crippen molar-refractivity contribution in [3.63, 3.8) is 0 Å². The van der Waals surface area contributed by atoms with E-state index in [0.717, 1.165) is 13.0 Å². The summed E-state index contributed by atoms with van der Waals surface area (Å²) in [6, 6.07) is 0. The van der Waals surface area contributed by atoms with Crippen molar-refractivity contribution in [3.05, 3.63) is 12.4 Å². The second kappa shape index (κ2) is 6.40. The maximum atomic E-state index is 11.0. The van der Waals surface area contributed by atoms with E-state index < -0.39 is 12.1 Å². The van der Waals surface area contributed by atoms with Gasteiger partial charge in [-0.3, -0.25) is 0 Å². The molecule has 0 aromatic heterocycles. The van der Waals surface area contributed by atoms with Crippen molar-refractivity contribution in [2.24, 2.45) is 0 Å². The number of hydrogen-bond acceptors (Lipinski definition) is 3. The van der Waals surface area contributed by atoms with Crippen LogP contribution in [-0.2, 0) is 4.79 Å². The first-order chi connectivity index (χ1) is 7.66. The molecule has 0 amide bonds. The van der Waals surface area contributed by atoms with Crippen LogP contribution in [0.1, 0.15) is 39.0 Å². The quantitative estimate of drug-likeness (QED) is 0.675. The van der Waals surface area contributed by atoms with Gasteiger partial charge >= 0.3 is 5.97 Å². The van der Waals surface area contributed by atoms with Gasteiger partial charge in [-0.2, -0.15) is 0 Å². The van der Waals surface area contributed by atoms with Gasteiger partial charge < -0.3 is 14.9 Å². The van der Waals surface area contributed by atoms with Gasteiger partial charge in [-0.15, -0.1) is 0 Å². The van der Waals surface area contributed by atoms with Crippen LogP contribution >= 0.6 is 0 Å². The van der Waals surface area contributed by atoms with Crippen LogP contribution in [0.15, 0.2) is 12.4 Å². The molecule has 4 heteroatoms. The molecule has 0 aliphatic carbocycles. The standard InChI is InChI=1S/C12H22N2O2/c1-3-4-5-6-7-8-14-10-9-13(2)11(14)12(15)16/h9-11H,3-8H2,1-2H3,(H,15,16). The third kappa shape index (κ3) is 3.43. The Morgan fingerprint density at radius 2 is 1.94 bits per heavy atom. The van der Waals surface area contributed by atoms with Crippen LogP contribution in [0.25, 0.3) is 0 Å². The van der Waals surface area contributed by atoms with Gasteiger partial charge in [0.05, 0.1) is 0 Å². The van der Waals surface area contributed by atoms with Crippen molar-refractivity contribution in [1.82, 2.24) is 9.80 Å². The number of carbonyl (C=O) groups is 1. The Morgan fingerprint density at radius 1 is 1.25 bits per heavy atom. The van der Waals surface area contributed by atoms with E-state index in [4.69, 9.17) is 5.11 Å². The van der Waals surface area contributed by atoms with Gasteiger partial charge in [0.2, 0.25) is 6.17 Å². The topological polar surface area (TPSA) is 43.8 Å². The number of hydrogen-bond donors (Lipinski definition) is 1. The summed E-state index contributed by atoms with van der Waals surface area (Å²) in [5.41, 5.74) is 0. The minimum absolute atomic E-state index is 0.508. The van der Waals surface area contributed by atoms with Crippen molar-refractivity contribution < 1.29 is 9.90 Å². The average molecular weight is 226 g/mol. The Balaban J connectivity index is 2.25. The van der Waals surface area contributed by atoms with Crippen molar-refractivity contribution in [3.8, 4) is 0 Å². The molecule has 0 saturated carbocycles. The Morgan fingerprint density at radius 3 is 2.56 bits per heavy atom. The predicted molar refractivity (Wildman–Crippen MR) is 63.8 cm³/mol. The van der Waals surface area contributed by atoms with Gasteiger partial charge in [-0.25, -0.2) is 4.79 Å². The molecule has 0 saturated heterocycles. The van der Waals surface area contributed by atoms with Crippen molar-refractivity contribution >= 4 is 5.97 Å². The summed E-state index contributed by atoms with van der Waals surface area (Å²) < 4.78 is 0. The molecule has 1 atom stereocenters. The van der Waals surface area contributed by atoms with Crippen molar-refractivity contribution in [2.45, 2.75) is 45.2 Å². The third-order valence-corrected chi connectivity index (χ3v) is 2.93. The van der Waals surface area contributed by atoms with Crippen molar-refractivity contribution in [2.75, 3.05) is 13.6 Å². The average Bonchev–Trinajstić information content (AvgIpc) is 2.59. The lowest BCUT2D eigenvalue weighted by molar-refractivity contribution is -0.146. The van der Waals surface area contributed by atoms with E-state index in [-0.39, 0.29) is 0 Å². The second-order valence-corrected chi connectivity index (χ2v) is 4.33. The maximum Gasteiger partial charge on any atom is 0.347 e. The van der Waals surface area contributed by atoms with Crippen LogP contribution in [0.2, 0.25) is 0 Å². The molecule has 0 radical (unpaired) electrons. The Bertz CT molecular complexity index is 253. The van der Waals surface area contributed by atoms with Gasteiger partial charge in [0.25, 0.3) is 0 Å². The van der Waals surface area contributed by atoms with E-state index >= 15 is 0 Å². The molecular formula is C12H22N2O2. The highest BCUT2D eigenvalue weighted by atomic mass is 16.4. The normalized spacial score (nSPS) is 19.5. The summed E-state index contributed by atoms with van der Waals surface area (Å²) in [5.74, 6) is -0.777. The molecule has 4 nitrogen and oxygen atoms in total. The second-order valence-electron chi connectivity index (χ2n) is 4.33. The lowest BCUT2D eigenvalue weighted by Crippen LogP contribution is -2.43. The fourth-order valence-corrected chi connectivity index (χ4v) is 2.00. The molecule has 92 valence electrons. The van der Waals surface area contributed by atoms with Gasteiger partial charge in [-0.05, 0) is 6.42 Å². The largest absolute Gasteiger partial charge is 0.478 e. The first-order valence-electron chi connectivity index (χ1n) is 6.05. The molecule has 1 heterocycles. The summed E-state index contributed by atoms with van der Waals surface area (Å²) >= 11 is 0. The summed E-state index contributed by atoms with van der Waals surface area (Å²) in [6.07, 6.45) is 9.22. The molecule has 0 spiro atoms. The molecule has 1 aliphatic heterocycles. The fourth-order valence-electron chi connectivity index (χ4n) is 2.00. The number of rotatable bonds is 7. The van der Waals surface area contributed by atoms with E-state index in [1.54, 1.807) is 11.9 Å². The van der Waals surface area contributed by atoms with E-state index in [0.29, 0.717) is 0 Å². The highest BCUT2D eigenvalue weighted by Crippen LogP contribution is 2.15. The molecule has 0 aromatic rings. The highest BCUT2D eigenvalue weighted by Gasteiger charge is 2.29. The molecule has 1 aliphatic rings. The lowest BCUT2D eigenvalue weighted by atomic mass is 10.1. The van der Waals surface area contributed by atoms with Crippen molar-refractivity contribution in [1.29, 1.82) is 0 Å².